The molecule has 180 valence electrons. The number of amides is 2. The molecule has 0 aromatic heterocycles. The summed E-state index contributed by atoms with van der Waals surface area (Å²) in [5.74, 6) is -1.63. The van der Waals surface area contributed by atoms with Crippen LogP contribution in [0, 0.1) is 10.1 Å². The number of carbonyl (C=O) groups excluding carboxylic acids is 3. The lowest BCUT2D eigenvalue weighted by molar-refractivity contribution is -0.384. The smallest absolute Gasteiger partial charge is 0.329 e. The van der Waals surface area contributed by atoms with Gasteiger partial charge >= 0.3 is 5.97 Å². The lowest BCUT2D eigenvalue weighted by atomic mass is 10.1. The van der Waals surface area contributed by atoms with Crippen LogP contribution in [0.15, 0.2) is 78.9 Å². The van der Waals surface area contributed by atoms with E-state index in [0.29, 0.717) is 17.0 Å². The van der Waals surface area contributed by atoms with Crippen molar-refractivity contribution in [2.75, 3.05) is 12.4 Å². The van der Waals surface area contributed by atoms with E-state index in [9.17, 15) is 24.5 Å². The van der Waals surface area contributed by atoms with Gasteiger partial charge in [0.25, 0.3) is 17.5 Å². The fourth-order valence-corrected chi connectivity index (χ4v) is 3.13. The van der Waals surface area contributed by atoms with Gasteiger partial charge in [0.1, 0.15) is 11.8 Å². The summed E-state index contributed by atoms with van der Waals surface area (Å²) >= 11 is 0. The van der Waals surface area contributed by atoms with Gasteiger partial charge in [0.05, 0.1) is 12.0 Å². The fraction of sp³-hybridized carbons (Fsp3) is 0.160. The molecule has 0 fully saturated rings. The van der Waals surface area contributed by atoms with E-state index in [4.69, 9.17) is 9.47 Å². The van der Waals surface area contributed by atoms with E-state index in [1.807, 2.05) is 0 Å². The number of nitrogens with one attached hydrogen (secondary N) is 2. The van der Waals surface area contributed by atoms with Crippen molar-refractivity contribution in [1.82, 2.24) is 5.32 Å². The van der Waals surface area contributed by atoms with Gasteiger partial charge in [-0.3, -0.25) is 19.7 Å². The molecule has 0 bridgehead atoms. The normalized spacial score (nSPS) is 12.1. The second-order valence-corrected chi connectivity index (χ2v) is 7.45. The van der Waals surface area contributed by atoms with Gasteiger partial charge in [0, 0.05) is 35.0 Å². The molecule has 10 heteroatoms. The molecule has 0 aliphatic carbocycles. The van der Waals surface area contributed by atoms with Crippen LogP contribution in [0.1, 0.15) is 28.9 Å². The van der Waals surface area contributed by atoms with Gasteiger partial charge in [-0.05, 0) is 25.1 Å². The number of nitrogens with zero attached hydrogens (tertiary/aromatic N) is 1. The summed E-state index contributed by atoms with van der Waals surface area (Å²) in [6, 6.07) is 19.1. The van der Waals surface area contributed by atoms with Gasteiger partial charge < -0.3 is 20.1 Å². The highest BCUT2D eigenvalue weighted by atomic mass is 16.6. The topological polar surface area (TPSA) is 137 Å². The van der Waals surface area contributed by atoms with Crippen molar-refractivity contribution in [3.63, 3.8) is 0 Å². The molecule has 2 N–H and O–H groups in total. The Bertz CT molecular complexity index is 1230. The van der Waals surface area contributed by atoms with Gasteiger partial charge in [-0.15, -0.1) is 0 Å². The number of anilines is 1. The third kappa shape index (κ3) is 6.64. The highest BCUT2D eigenvalue weighted by Crippen LogP contribution is 2.23. The maximum absolute atomic E-state index is 13.0. The second kappa shape index (κ2) is 11.4. The van der Waals surface area contributed by atoms with Crippen LogP contribution in [0.4, 0.5) is 11.4 Å². The van der Waals surface area contributed by atoms with E-state index in [2.05, 4.69) is 10.6 Å². The number of ether oxygens (including phenoxy) is 2. The fourth-order valence-electron chi connectivity index (χ4n) is 3.13. The molecular weight excluding hydrogens is 454 g/mol. The van der Waals surface area contributed by atoms with Crippen molar-refractivity contribution in [3.05, 3.63) is 100 Å². The van der Waals surface area contributed by atoms with Crippen LogP contribution < -0.4 is 15.4 Å². The number of methoxy groups -OCH3 is 1. The highest BCUT2D eigenvalue weighted by molar-refractivity contribution is 5.99. The molecule has 0 saturated carbocycles. The van der Waals surface area contributed by atoms with Gasteiger partial charge in [0.2, 0.25) is 6.10 Å². The largest absolute Gasteiger partial charge is 0.497 e. The zero-order chi connectivity index (χ0) is 25.4. The number of non-ortho nitro benzene ring substituents is 1. The van der Waals surface area contributed by atoms with E-state index in [-0.39, 0.29) is 11.3 Å². The van der Waals surface area contributed by atoms with Crippen LogP contribution in [0.5, 0.6) is 5.75 Å². The Kier molecular flexibility index (Phi) is 8.12. The molecule has 3 rings (SSSR count). The first kappa shape index (κ1) is 24.9. The average Bonchev–Trinajstić information content (AvgIpc) is 2.87. The molecule has 3 aromatic carbocycles. The van der Waals surface area contributed by atoms with E-state index in [1.165, 1.54) is 32.2 Å². The summed E-state index contributed by atoms with van der Waals surface area (Å²) in [6.45, 7) is 1.39. The Morgan fingerprint density at radius 2 is 1.66 bits per heavy atom. The predicted molar refractivity (Wildman–Crippen MR) is 127 cm³/mol. The molecule has 0 heterocycles. The molecule has 0 radical (unpaired) electrons. The molecule has 0 spiro atoms. The number of nitro groups is 1. The van der Waals surface area contributed by atoms with E-state index in [0.717, 1.165) is 6.07 Å². The average molecular weight is 477 g/mol. The monoisotopic (exact) mass is 477 g/mol. The molecule has 3 aromatic rings. The maximum Gasteiger partial charge on any atom is 0.329 e. The molecule has 0 aliphatic heterocycles. The number of nitro benzene ring substituents is 1. The molecule has 10 nitrogen and oxygen atoms in total. The summed E-state index contributed by atoms with van der Waals surface area (Å²) in [5.41, 5.74) is 0.622. The summed E-state index contributed by atoms with van der Waals surface area (Å²) in [7, 11) is 1.50. The summed E-state index contributed by atoms with van der Waals surface area (Å²) in [4.78, 5) is 48.6. The Morgan fingerprint density at radius 1 is 0.943 bits per heavy atom. The Balaban J connectivity index is 1.73. The number of rotatable bonds is 9. The van der Waals surface area contributed by atoms with Crippen LogP contribution in [-0.2, 0) is 14.3 Å². The maximum atomic E-state index is 13.0. The summed E-state index contributed by atoms with van der Waals surface area (Å²) < 4.78 is 10.6. The molecule has 1 unspecified atom stereocenters. The minimum atomic E-state index is -1.30. The second-order valence-electron chi connectivity index (χ2n) is 7.45. The molecule has 35 heavy (non-hydrogen) atoms. The predicted octanol–water partition coefficient (Wildman–Crippen LogP) is 3.64. The van der Waals surface area contributed by atoms with Crippen LogP contribution in [0.3, 0.4) is 0 Å². The first-order valence-electron chi connectivity index (χ1n) is 10.5. The summed E-state index contributed by atoms with van der Waals surface area (Å²) in [6.07, 6.45) is -1.30. The molecule has 2 atom stereocenters. The SMILES string of the molecule is COc1cccc(NC(=O)C(OC(=O)[C@H](C)NC(=O)c2cccc([N+](=O)[O-])c2)c2ccccc2)c1. The van der Waals surface area contributed by atoms with Crippen LogP contribution >= 0.6 is 0 Å². The molecular formula is C25H23N3O7. The van der Waals surface area contributed by atoms with Crippen molar-refractivity contribution < 1.29 is 28.8 Å². The van der Waals surface area contributed by atoms with E-state index >= 15 is 0 Å². The number of hydrogen-bond donors (Lipinski definition) is 2. The Hall–Kier alpha value is -4.73. The van der Waals surface area contributed by atoms with Crippen molar-refractivity contribution >= 4 is 29.2 Å². The minimum absolute atomic E-state index is 0.00854. The molecule has 0 saturated heterocycles. The van der Waals surface area contributed by atoms with Crippen LogP contribution in [-0.4, -0.2) is 35.9 Å². The lowest BCUT2D eigenvalue weighted by Crippen LogP contribution is -2.41. The first-order valence-corrected chi connectivity index (χ1v) is 10.5. The third-order valence-electron chi connectivity index (χ3n) is 4.93. The lowest BCUT2D eigenvalue weighted by Gasteiger charge is -2.21. The van der Waals surface area contributed by atoms with Gasteiger partial charge in [-0.2, -0.15) is 0 Å². The number of benzene rings is 3. The van der Waals surface area contributed by atoms with Crippen molar-refractivity contribution in [1.29, 1.82) is 0 Å². The number of hydrogen-bond acceptors (Lipinski definition) is 7. The van der Waals surface area contributed by atoms with Crippen LogP contribution in [0.25, 0.3) is 0 Å². The first-order chi connectivity index (χ1) is 16.8. The summed E-state index contributed by atoms with van der Waals surface area (Å²) in [5, 5.41) is 16.1. The van der Waals surface area contributed by atoms with Gasteiger partial charge in [0.15, 0.2) is 0 Å². The van der Waals surface area contributed by atoms with Gasteiger partial charge in [-0.1, -0.05) is 42.5 Å². The van der Waals surface area contributed by atoms with Gasteiger partial charge in [-0.25, -0.2) is 4.79 Å². The van der Waals surface area contributed by atoms with Crippen molar-refractivity contribution in [2.45, 2.75) is 19.1 Å². The zero-order valence-corrected chi connectivity index (χ0v) is 19.0. The minimum Gasteiger partial charge on any atom is -0.497 e. The quantitative estimate of drug-likeness (QED) is 0.273. The standard InChI is InChI=1S/C25H23N3O7/c1-16(26-23(29)18-10-6-12-20(14-18)28(32)33)25(31)35-22(17-8-4-3-5-9-17)24(30)27-19-11-7-13-21(15-19)34-2/h3-16,22H,1-2H3,(H,26,29)(H,27,30)/t16-,22?/m0/s1. The highest BCUT2D eigenvalue weighted by Gasteiger charge is 2.28. The van der Waals surface area contributed by atoms with E-state index < -0.39 is 34.9 Å². The van der Waals surface area contributed by atoms with Crippen molar-refractivity contribution in [2.24, 2.45) is 0 Å². The Labute approximate surface area is 201 Å². The van der Waals surface area contributed by atoms with Crippen LogP contribution in [0.2, 0.25) is 0 Å². The number of esters is 1. The third-order valence-corrected chi connectivity index (χ3v) is 4.93. The zero-order valence-electron chi connectivity index (χ0n) is 19.0. The van der Waals surface area contributed by atoms with Crippen molar-refractivity contribution in [3.8, 4) is 5.75 Å². The molecule has 0 aliphatic rings. The Morgan fingerprint density at radius 3 is 2.34 bits per heavy atom. The van der Waals surface area contributed by atoms with E-state index in [1.54, 1.807) is 54.6 Å². The molecule has 2 amide bonds. The number of carbonyl (C=O) groups is 3.